The van der Waals surface area contributed by atoms with Gasteiger partial charge >= 0.3 is 0 Å². The van der Waals surface area contributed by atoms with Gasteiger partial charge in [0.25, 0.3) is 0 Å². The van der Waals surface area contributed by atoms with E-state index in [2.05, 4.69) is 23.7 Å². The summed E-state index contributed by atoms with van der Waals surface area (Å²) in [5, 5.41) is 0.627. The van der Waals surface area contributed by atoms with Crippen LogP contribution in [0, 0.1) is 12.8 Å². The number of carbonyl (C=O) groups is 2. The summed E-state index contributed by atoms with van der Waals surface area (Å²) in [4.78, 5) is 34.4. The van der Waals surface area contributed by atoms with Crippen molar-refractivity contribution in [3.63, 3.8) is 0 Å². The van der Waals surface area contributed by atoms with Crippen LogP contribution in [-0.4, -0.2) is 72.5 Å². The summed E-state index contributed by atoms with van der Waals surface area (Å²) in [6.45, 7) is 8.63. The molecule has 0 unspecified atom stereocenters. The van der Waals surface area contributed by atoms with E-state index in [1.807, 2.05) is 17.0 Å². The average molecular weight is 500 g/mol. The van der Waals surface area contributed by atoms with Crippen molar-refractivity contribution < 1.29 is 19.1 Å². The summed E-state index contributed by atoms with van der Waals surface area (Å²) >= 11 is 6.47. The van der Waals surface area contributed by atoms with E-state index in [0.717, 1.165) is 55.7 Å². The summed E-state index contributed by atoms with van der Waals surface area (Å²) in [6, 6.07) is 7.45. The van der Waals surface area contributed by atoms with Crippen molar-refractivity contribution in [1.29, 1.82) is 0 Å². The molecule has 1 aromatic heterocycles. The Morgan fingerprint density at radius 3 is 2.57 bits per heavy atom. The zero-order chi connectivity index (χ0) is 24.9. The first kappa shape index (κ1) is 25.6. The zero-order valence-corrected chi connectivity index (χ0v) is 21.5. The number of halogens is 1. The Balaban J connectivity index is 1.40. The minimum Gasteiger partial charge on any atom is -0.481 e. The number of carbonyl (C=O) groups excluding carboxylic acids is 2. The number of hydrogen-bond donors (Lipinski definition) is 0. The lowest BCUT2D eigenvalue weighted by Crippen LogP contribution is -2.55. The van der Waals surface area contributed by atoms with Crippen LogP contribution >= 0.6 is 11.6 Å². The van der Waals surface area contributed by atoms with Crippen LogP contribution in [-0.2, 0) is 22.5 Å². The van der Waals surface area contributed by atoms with Crippen molar-refractivity contribution in [2.24, 2.45) is 5.92 Å². The molecule has 0 spiro atoms. The lowest BCUT2D eigenvalue weighted by molar-refractivity contribution is -0.143. The molecular formula is C27H34ClN3O4. The summed E-state index contributed by atoms with van der Waals surface area (Å²) in [6.07, 6.45) is 3.45. The molecule has 2 aromatic rings. The summed E-state index contributed by atoms with van der Waals surface area (Å²) in [5.74, 6) is 0.832. The molecule has 1 atom stereocenters. The van der Waals surface area contributed by atoms with Crippen LogP contribution in [0.15, 0.2) is 30.5 Å². The van der Waals surface area contributed by atoms with Gasteiger partial charge in [-0.15, -0.1) is 0 Å². The molecule has 3 heterocycles. The van der Waals surface area contributed by atoms with Crippen molar-refractivity contribution in [3.8, 4) is 5.88 Å². The van der Waals surface area contributed by atoms with Gasteiger partial charge < -0.3 is 14.4 Å². The molecule has 7 nitrogen and oxygen atoms in total. The van der Waals surface area contributed by atoms with Crippen LogP contribution in [0.2, 0.25) is 5.02 Å². The second kappa shape index (κ2) is 11.5. The zero-order valence-electron chi connectivity index (χ0n) is 20.8. The second-order valence-electron chi connectivity index (χ2n) is 9.54. The van der Waals surface area contributed by atoms with Gasteiger partial charge in [0, 0.05) is 80.6 Å². The number of nitrogens with zero attached hydrogens (tertiary/aromatic N) is 3. The van der Waals surface area contributed by atoms with Gasteiger partial charge in [-0.25, -0.2) is 4.98 Å². The highest BCUT2D eigenvalue weighted by Gasteiger charge is 2.32. The fourth-order valence-corrected chi connectivity index (χ4v) is 5.27. The molecule has 1 amide bonds. The standard InChI is InChI=1S/C27H34ClN3O4/c1-18-16-30(8-9-31(18)27(33)20-6-10-35-11-7-20)17-23-13-24(28)12-22(19(23)2)14-25(32)21-4-5-26(34-3)29-15-21/h4-5,12-13,15,18,20H,6-11,14,16-17H2,1-3H3/t18-/m0/s1. The third-order valence-electron chi connectivity index (χ3n) is 7.17. The normalized spacial score (nSPS) is 19.5. The van der Waals surface area contributed by atoms with Crippen molar-refractivity contribution in [3.05, 3.63) is 57.7 Å². The highest BCUT2D eigenvalue weighted by atomic mass is 35.5. The lowest BCUT2D eigenvalue weighted by atomic mass is 9.95. The maximum absolute atomic E-state index is 13.0. The van der Waals surface area contributed by atoms with Gasteiger partial charge in [-0.1, -0.05) is 11.6 Å². The maximum atomic E-state index is 13.0. The van der Waals surface area contributed by atoms with Gasteiger partial charge in [0.15, 0.2) is 5.78 Å². The summed E-state index contributed by atoms with van der Waals surface area (Å²) in [5.41, 5.74) is 3.67. The van der Waals surface area contributed by atoms with Crippen LogP contribution < -0.4 is 4.74 Å². The predicted octanol–water partition coefficient (Wildman–Crippen LogP) is 3.94. The topological polar surface area (TPSA) is 72.0 Å². The number of rotatable bonds is 7. The Kier molecular flexibility index (Phi) is 8.42. The Morgan fingerprint density at radius 2 is 1.91 bits per heavy atom. The number of aromatic nitrogens is 1. The fraction of sp³-hybridized carbons (Fsp3) is 0.519. The van der Waals surface area contributed by atoms with Gasteiger partial charge in [-0.2, -0.15) is 0 Å². The Morgan fingerprint density at radius 1 is 1.17 bits per heavy atom. The lowest BCUT2D eigenvalue weighted by Gasteiger charge is -2.42. The van der Waals surface area contributed by atoms with E-state index >= 15 is 0 Å². The number of amides is 1. The van der Waals surface area contributed by atoms with Crippen LogP contribution in [0.5, 0.6) is 5.88 Å². The SMILES string of the molecule is COc1ccc(C(=O)Cc2cc(Cl)cc(CN3CCN(C(=O)C4CCOCC4)[C@@H](C)C3)c2C)cn1. The van der Waals surface area contributed by atoms with Crippen LogP contribution in [0.1, 0.15) is 46.8 Å². The van der Waals surface area contributed by atoms with E-state index in [9.17, 15) is 9.59 Å². The molecule has 4 rings (SSSR count). The molecule has 2 aliphatic rings. The van der Waals surface area contributed by atoms with Gasteiger partial charge in [0.1, 0.15) is 0 Å². The summed E-state index contributed by atoms with van der Waals surface area (Å²) < 4.78 is 10.5. The molecule has 0 saturated carbocycles. The van der Waals surface area contributed by atoms with Gasteiger partial charge in [0.2, 0.25) is 11.8 Å². The molecule has 0 radical (unpaired) electrons. The molecule has 0 N–H and O–H groups in total. The first-order valence-corrected chi connectivity index (χ1v) is 12.6. The Bertz CT molecular complexity index is 1050. The largest absolute Gasteiger partial charge is 0.481 e. The van der Waals surface area contributed by atoms with Crippen molar-refractivity contribution >= 4 is 23.3 Å². The Labute approximate surface area is 212 Å². The number of hydrogen-bond acceptors (Lipinski definition) is 6. The van der Waals surface area contributed by atoms with Crippen LogP contribution in [0.25, 0.3) is 0 Å². The minimum atomic E-state index is -0.00895. The monoisotopic (exact) mass is 499 g/mol. The van der Waals surface area contributed by atoms with E-state index in [4.69, 9.17) is 21.1 Å². The fourth-order valence-electron chi connectivity index (χ4n) is 5.01. The van der Waals surface area contributed by atoms with Crippen molar-refractivity contribution in [1.82, 2.24) is 14.8 Å². The highest BCUT2D eigenvalue weighted by Crippen LogP contribution is 2.26. The third kappa shape index (κ3) is 6.21. The smallest absolute Gasteiger partial charge is 0.226 e. The molecule has 35 heavy (non-hydrogen) atoms. The average Bonchev–Trinajstić information content (AvgIpc) is 2.87. The second-order valence-corrected chi connectivity index (χ2v) is 9.98. The van der Waals surface area contributed by atoms with E-state index in [1.54, 1.807) is 25.4 Å². The van der Waals surface area contributed by atoms with Crippen molar-refractivity contribution in [2.75, 3.05) is 40.0 Å². The van der Waals surface area contributed by atoms with Crippen LogP contribution in [0.4, 0.5) is 0 Å². The molecule has 2 saturated heterocycles. The molecule has 0 bridgehead atoms. The number of Topliss-reactive ketones (excluding diaryl/α,β-unsaturated/α-hetero) is 1. The third-order valence-corrected chi connectivity index (χ3v) is 7.38. The molecule has 0 aliphatic carbocycles. The first-order chi connectivity index (χ1) is 16.9. The number of piperazine rings is 1. The Hall–Kier alpha value is -2.48. The highest BCUT2D eigenvalue weighted by molar-refractivity contribution is 6.30. The van der Waals surface area contributed by atoms with Gasteiger partial charge in [-0.05, 0) is 61.6 Å². The molecule has 188 valence electrons. The molecule has 1 aromatic carbocycles. The molecule has 8 heteroatoms. The van der Waals surface area contributed by atoms with Gasteiger partial charge in [0.05, 0.1) is 7.11 Å². The summed E-state index contributed by atoms with van der Waals surface area (Å²) in [7, 11) is 1.55. The molecule has 2 aliphatic heterocycles. The van der Waals surface area contributed by atoms with E-state index < -0.39 is 0 Å². The first-order valence-electron chi connectivity index (χ1n) is 12.3. The van der Waals surface area contributed by atoms with Crippen LogP contribution in [0.3, 0.4) is 0 Å². The number of pyridine rings is 1. The van der Waals surface area contributed by atoms with Crippen molar-refractivity contribution in [2.45, 2.75) is 45.7 Å². The molecule has 2 fully saturated rings. The van der Waals surface area contributed by atoms with Gasteiger partial charge in [-0.3, -0.25) is 14.5 Å². The van der Waals surface area contributed by atoms with E-state index in [0.29, 0.717) is 29.7 Å². The van der Waals surface area contributed by atoms with E-state index in [1.165, 1.54) is 0 Å². The number of ether oxygens (including phenoxy) is 2. The number of benzene rings is 1. The number of ketones is 1. The minimum absolute atomic E-state index is 0.00895. The number of methoxy groups -OCH3 is 1. The maximum Gasteiger partial charge on any atom is 0.226 e. The van der Waals surface area contributed by atoms with E-state index in [-0.39, 0.29) is 30.1 Å². The molecular weight excluding hydrogens is 466 g/mol. The quantitative estimate of drug-likeness (QED) is 0.537. The predicted molar refractivity (Wildman–Crippen MR) is 135 cm³/mol.